The maximum Gasteiger partial charge on any atom is 0.282 e. The van der Waals surface area contributed by atoms with E-state index in [1.807, 2.05) is 0 Å². The topological polar surface area (TPSA) is 34.9 Å². The third-order valence-corrected chi connectivity index (χ3v) is 4.41. The normalized spacial score (nSPS) is 10.7. The quantitative estimate of drug-likeness (QED) is 0.777. The van der Waals surface area contributed by atoms with Crippen LogP contribution in [-0.4, -0.2) is 9.78 Å². The van der Waals surface area contributed by atoms with Gasteiger partial charge in [-0.1, -0.05) is 17.7 Å². The zero-order valence-corrected chi connectivity index (χ0v) is 12.8. The summed E-state index contributed by atoms with van der Waals surface area (Å²) in [6.07, 6.45) is 1.47. The van der Waals surface area contributed by atoms with Gasteiger partial charge >= 0.3 is 0 Å². The van der Waals surface area contributed by atoms with Gasteiger partial charge in [-0.15, -0.1) is 0 Å². The lowest BCUT2D eigenvalue weighted by Gasteiger charge is -2.07. The Labute approximate surface area is 124 Å². The lowest BCUT2D eigenvalue weighted by Crippen LogP contribution is -2.24. The third kappa shape index (κ3) is 2.81. The molecule has 18 heavy (non-hydrogen) atoms. The fourth-order valence-electron chi connectivity index (χ4n) is 1.37. The maximum atomic E-state index is 13.6. The van der Waals surface area contributed by atoms with Crippen LogP contribution in [0.2, 0.25) is 5.02 Å². The van der Waals surface area contributed by atoms with E-state index in [1.54, 1.807) is 6.07 Å². The van der Waals surface area contributed by atoms with E-state index >= 15 is 0 Å². The molecule has 0 aliphatic rings. The van der Waals surface area contributed by atoms with Gasteiger partial charge in [-0.25, -0.2) is 9.07 Å². The van der Waals surface area contributed by atoms with E-state index in [4.69, 9.17) is 11.6 Å². The molecule has 7 heteroatoms. The third-order valence-electron chi connectivity index (χ3n) is 2.28. The van der Waals surface area contributed by atoms with Crippen LogP contribution in [0.1, 0.15) is 5.56 Å². The van der Waals surface area contributed by atoms with Gasteiger partial charge < -0.3 is 0 Å². The van der Waals surface area contributed by atoms with E-state index in [9.17, 15) is 9.18 Å². The standard InChI is InChI=1S/C11H6Br2ClFN2O/c12-8-4-16-17(11(18)10(8)13)5-6-1-2-7(14)3-9(6)15/h1-4H,5H2. The summed E-state index contributed by atoms with van der Waals surface area (Å²) in [4.78, 5) is 11.8. The molecule has 1 aromatic heterocycles. The van der Waals surface area contributed by atoms with Crippen molar-refractivity contribution >= 4 is 43.5 Å². The summed E-state index contributed by atoms with van der Waals surface area (Å²) in [5, 5.41) is 4.24. The van der Waals surface area contributed by atoms with Crippen LogP contribution in [0.5, 0.6) is 0 Å². The predicted octanol–water partition coefficient (Wildman–Crippen LogP) is 3.61. The molecule has 0 aliphatic carbocycles. The van der Waals surface area contributed by atoms with Crippen LogP contribution in [0.3, 0.4) is 0 Å². The fraction of sp³-hybridized carbons (Fsp3) is 0.0909. The van der Waals surface area contributed by atoms with Crippen LogP contribution in [0.4, 0.5) is 4.39 Å². The molecule has 0 atom stereocenters. The van der Waals surface area contributed by atoms with E-state index in [0.717, 1.165) is 0 Å². The summed E-state index contributed by atoms with van der Waals surface area (Å²) in [5.41, 5.74) is 0.0157. The molecular formula is C11H6Br2ClFN2O. The average molecular weight is 396 g/mol. The van der Waals surface area contributed by atoms with Gasteiger partial charge in [0.25, 0.3) is 5.56 Å². The monoisotopic (exact) mass is 394 g/mol. The Morgan fingerprint density at radius 1 is 1.39 bits per heavy atom. The second kappa shape index (κ2) is 5.50. The molecule has 0 saturated carbocycles. The predicted molar refractivity (Wildman–Crippen MR) is 74.4 cm³/mol. The van der Waals surface area contributed by atoms with Crippen LogP contribution >= 0.6 is 43.5 Å². The Bertz CT molecular complexity index is 660. The molecule has 1 aromatic carbocycles. The highest BCUT2D eigenvalue weighted by molar-refractivity contribution is 9.13. The largest absolute Gasteiger partial charge is 0.282 e. The molecule has 0 unspecified atom stereocenters. The highest BCUT2D eigenvalue weighted by Gasteiger charge is 2.09. The summed E-state index contributed by atoms with van der Waals surface area (Å²) in [6.45, 7) is 0.0493. The molecule has 2 aromatic rings. The molecule has 3 nitrogen and oxygen atoms in total. The smallest absolute Gasteiger partial charge is 0.266 e. The minimum atomic E-state index is -0.463. The number of aromatic nitrogens is 2. The first kappa shape index (κ1) is 13.7. The molecule has 0 N–H and O–H groups in total. The number of rotatable bonds is 2. The highest BCUT2D eigenvalue weighted by atomic mass is 79.9. The van der Waals surface area contributed by atoms with E-state index in [1.165, 1.54) is 23.0 Å². The molecule has 94 valence electrons. The van der Waals surface area contributed by atoms with E-state index < -0.39 is 5.82 Å². The van der Waals surface area contributed by atoms with Crippen molar-refractivity contribution in [1.82, 2.24) is 9.78 Å². The Morgan fingerprint density at radius 2 is 2.11 bits per heavy atom. The van der Waals surface area contributed by atoms with Gasteiger partial charge in [0.15, 0.2) is 0 Å². The summed E-state index contributed by atoms with van der Waals surface area (Å²) in [7, 11) is 0. The molecule has 0 aliphatic heterocycles. The molecule has 0 bridgehead atoms. The van der Waals surface area contributed by atoms with Crippen molar-refractivity contribution in [2.24, 2.45) is 0 Å². The van der Waals surface area contributed by atoms with Gasteiger partial charge in [0, 0.05) is 10.6 Å². The van der Waals surface area contributed by atoms with Gasteiger partial charge in [-0.05, 0) is 44.0 Å². The molecule has 0 spiro atoms. The molecular weight excluding hydrogens is 390 g/mol. The van der Waals surface area contributed by atoms with Crippen molar-refractivity contribution < 1.29 is 4.39 Å². The van der Waals surface area contributed by atoms with E-state index in [-0.39, 0.29) is 12.1 Å². The number of hydrogen-bond acceptors (Lipinski definition) is 2. The molecule has 0 radical (unpaired) electrons. The molecule has 0 amide bonds. The van der Waals surface area contributed by atoms with Crippen LogP contribution in [0.15, 0.2) is 38.1 Å². The Balaban J connectivity index is 2.41. The highest BCUT2D eigenvalue weighted by Crippen LogP contribution is 2.18. The van der Waals surface area contributed by atoms with Gasteiger partial charge in [0.05, 0.1) is 17.2 Å². The van der Waals surface area contributed by atoms with Gasteiger partial charge in [-0.3, -0.25) is 4.79 Å². The molecule has 0 fully saturated rings. The molecule has 0 saturated heterocycles. The lowest BCUT2D eigenvalue weighted by atomic mass is 10.2. The number of nitrogens with zero attached hydrogens (tertiary/aromatic N) is 2. The number of benzene rings is 1. The average Bonchev–Trinajstić information content (AvgIpc) is 2.33. The second-order valence-electron chi connectivity index (χ2n) is 3.51. The summed E-state index contributed by atoms with van der Waals surface area (Å²) < 4.78 is 15.7. The molecule has 2 rings (SSSR count). The number of hydrogen-bond donors (Lipinski definition) is 0. The SMILES string of the molecule is O=c1c(Br)c(Br)cnn1Cc1ccc(Cl)cc1F. The number of halogens is 4. The van der Waals surface area contributed by atoms with E-state index in [0.29, 0.717) is 19.5 Å². The first-order valence-corrected chi connectivity index (χ1v) is 6.80. The zero-order valence-electron chi connectivity index (χ0n) is 8.83. The van der Waals surface area contributed by atoms with Crippen molar-refractivity contribution in [2.45, 2.75) is 6.54 Å². The fourth-order valence-corrected chi connectivity index (χ4v) is 2.10. The van der Waals surface area contributed by atoms with Gasteiger partial charge in [-0.2, -0.15) is 5.10 Å². The van der Waals surface area contributed by atoms with Crippen LogP contribution in [0, 0.1) is 5.82 Å². The summed E-state index contributed by atoms with van der Waals surface area (Å²) >= 11 is 12.0. The van der Waals surface area contributed by atoms with Crippen LogP contribution < -0.4 is 5.56 Å². The van der Waals surface area contributed by atoms with Crippen LogP contribution in [-0.2, 0) is 6.54 Å². The van der Waals surface area contributed by atoms with Crippen molar-refractivity contribution in [2.75, 3.05) is 0 Å². The van der Waals surface area contributed by atoms with Gasteiger partial charge in [0.1, 0.15) is 10.3 Å². The Kier molecular flexibility index (Phi) is 4.19. The van der Waals surface area contributed by atoms with Crippen LogP contribution in [0.25, 0.3) is 0 Å². The van der Waals surface area contributed by atoms with Crippen molar-refractivity contribution in [3.63, 3.8) is 0 Å². The second-order valence-corrected chi connectivity index (χ2v) is 5.59. The zero-order chi connectivity index (χ0) is 13.3. The van der Waals surface area contributed by atoms with Crippen molar-refractivity contribution in [1.29, 1.82) is 0 Å². The lowest BCUT2D eigenvalue weighted by molar-refractivity contribution is 0.570. The Hall–Kier alpha value is -0.720. The van der Waals surface area contributed by atoms with Crippen molar-refractivity contribution in [3.8, 4) is 0 Å². The minimum Gasteiger partial charge on any atom is -0.266 e. The Morgan fingerprint density at radius 3 is 2.78 bits per heavy atom. The first-order valence-electron chi connectivity index (χ1n) is 4.84. The summed E-state index contributed by atoms with van der Waals surface area (Å²) in [6, 6.07) is 4.30. The van der Waals surface area contributed by atoms with Crippen molar-refractivity contribution in [3.05, 3.63) is 60.1 Å². The maximum absolute atomic E-state index is 13.6. The van der Waals surface area contributed by atoms with E-state index in [2.05, 4.69) is 37.0 Å². The van der Waals surface area contributed by atoms with Gasteiger partial charge in [0.2, 0.25) is 0 Å². The summed E-state index contributed by atoms with van der Waals surface area (Å²) in [5.74, 6) is -0.463. The first-order chi connectivity index (χ1) is 8.49. The molecule has 1 heterocycles. The minimum absolute atomic E-state index is 0.0493.